The summed E-state index contributed by atoms with van der Waals surface area (Å²) in [6.07, 6.45) is 2.04. The van der Waals surface area contributed by atoms with Crippen molar-refractivity contribution in [1.82, 2.24) is 5.43 Å². The van der Waals surface area contributed by atoms with Crippen LogP contribution in [0.15, 0.2) is 103 Å². The molecule has 1 aromatic heterocycles. The summed E-state index contributed by atoms with van der Waals surface area (Å²) in [5.41, 5.74) is 4.62. The highest BCUT2D eigenvalue weighted by Gasteiger charge is 2.13. The fourth-order valence-electron chi connectivity index (χ4n) is 4.40. The van der Waals surface area contributed by atoms with Gasteiger partial charge in [-0.15, -0.1) is 0 Å². The molecule has 4 aromatic rings. The number of carbonyl (C=O) groups excluding carboxylic acids is 1. The van der Waals surface area contributed by atoms with Crippen molar-refractivity contribution in [3.8, 4) is 24.0 Å². The van der Waals surface area contributed by atoms with Crippen molar-refractivity contribution < 1.29 is 13.9 Å². The molecular weight excluding hydrogens is 596 g/mol. The summed E-state index contributed by atoms with van der Waals surface area (Å²) in [6.45, 7) is 4.97. The maximum atomic E-state index is 12.8. The average molecular weight is 627 g/mol. The molecule has 12 nitrogen and oxygen atoms in total. The zero-order valence-corrected chi connectivity index (χ0v) is 25.8. The van der Waals surface area contributed by atoms with E-state index in [0.29, 0.717) is 60.4 Å². The Morgan fingerprint density at radius 1 is 0.936 bits per heavy atom. The molecule has 1 N–H and O–H groups in total. The van der Waals surface area contributed by atoms with Gasteiger partial charge in [0.25, 0.3) is 5.91 Å². The molecule has 0 fully saturated rings. The fourth-order valence-corrected chi connectivity index (χ4v) is 4.40. The molecule has 0 aliphatic rings. The van der Waals surface area contributed by atoms with Crippen LogP contribution in [0.4, 0.5) is 17.1 Å². The van der Waals surface area contributed by atoms with Crippen molar-refractivity contribution in [2.45, 2.75) is 26.7 Å². The SMILES string of the molecule is CCOc1ccc(N=Nc2ccc3cc(/C(C)=N/NC(=O)/C(C#N)=C/c4ccc(N(CCC#N)CCC#N)cc4)c(=O)oc3c2)cc1. The Bertz CT molecular complexity index is 1990. The molecule has 0 aliphatic carbocycles. The number of benzene rings is 3. The van der Waals surface area contributed by atoms with Gasteiger partial charge in [-0.25, -0.2) is 10.2 Å². The van der Waals surface area contributed by atoms with E-state index in [9.17, 15) is 14.9 Å². The molecule has 0 saturated carbocycles. The number of azo groups is 1. The van der Waals surface area contributed by atoms with Crippen LogP contribution in [0.1, 0.15) is 37.8 Å². The molecule has 0 aliphatic heterocycles. The molecule has 47 heavy (non-hydrogen) atoms. The van der Waals surface area contributed by atoms with Crippen LogP contribution in [-0.4, -0.2) is 31.3 Å². The van der Waals surface area contributed by atoms with E-state index in [-0.39, 0.29) is 16.8 Å². The topological polar surface area (TPSA) is 180 Å². The van der Waals surface area contributed by atoms with Crippen LogP contribution < -0.4 is 20.7 Å². The Morgan fingerprint density at radius 3 is 2.23 bits per heavy atom. The van der Waals surface area contributed by atoms with E-state index in [1.54, 1.807) is 72.8 Å². The molecule has 12 heteroatoms. The number of amides is 1. The largest absolute Gasteiger partial charge is 0.494 e. The van der Waals surface area contributed by atoms with Crippen LogP contribution in [0.2, 0.25) is 0 Å². The lowest BCUT2D eigenvalue weighted by Crippen LogP contribution is -2.25. The van der Waals surface area contributed by atoms with Crippen molar-refractivity contribution in [2.24, 2.45) is 15.3 Å². The van der Waals surface area contributed by atoms with Gasteiger partial charge >= 0.3 is 5.63 Å². The second-order valence-corrected chi connectivity index (χ2v) is 10.00. The van der Waals surface area contributed by atoms with Crippen molar-refractivity contribution in [3.63, 3.8) is 0 Å². The zero-order chi connectivity index (χ0) is 33.6. The van der Waals surface area contributed by atoms with Crippen LogP contribution in [-0.2, 0) is 4.79 Å². The Labute approximate surface area is 271 Å². The first-order chi connectivity index (χ1) is 22.8. The van der Waals surface area contributed by atoms with Gasteiger partial charge < -0.3 is 14.1 Å². The van der Waals surface area contributed by atoms with Crippen LogP contribution in [0.25, 0.3) is 17.0 Å². The van der Waals surface area contributed by atoms with Gasteiger partial charge in [0.15, 0.2) is 0 Å². The summed E-state index contributed by atoms with van der Waals surface area (Å²) >= 11 is 0. The van der Waals surface area contributed by atoms with Crippen molar-refractivity contribution >= 4 is 45.7 Å². The zero-order valence-electron chi connectivity index (χ0n) is 25.8. The molecule has 234 valence electrons. The molecule has 4 rings (SSSR count). The van der Waals surface area contributed by atoms with Gasteiger partial charge in [0, 0.05) is 30.2 Å². The monoisotopic (exact) mass is 626 g/mol. The number of ether oxygens (including phenoxy) is 1. The van der Waals surface area contributed by atoms with Gasteiger partial charge in [-0.1, -0.05) is 12.1 Å². The minimum Gasteiger partial charge on any atom is -0.494 e. The van der Waals surface area contributed by atoms with Gasteiger partial charge in [0.05, 0.1) is 54.2 Å². The maximum absolute atomic E-state index is 12.8. The van der Waals surface area contributed by atoms with Crippen LogP contribution >= 0.6 is 0 Å². The highest BCUT2D eigenvalue weighted by molar-refractivity contribution is 6.04. The number of fused-ring (bicyclic) bond motifs is 1. The van der Waals surface area contributed by atoms with E-state index in [1.165, 1.54) is 13.0 Å². The first kappa shape index (κ1) is 33.3. The van der Waals surface area contributed by atoms with Crippen LogP contribution in [0, 0.1) is 34.0 Å². The third-order valence-electron chi connectivity index (χ3n) is 6.78. The van der Waals surface area contributed by atoms with Gasteiger partial charge in [-0.3, -0.25) is 4.79 Å². The van der Waals surface area contributed by atoms with Crippen molar-refractivity contribution in [3.05, 3.63) is 99.9 Å². The summed E-state index contributed by atoms with van der Waals surface area (Å²) < 4.78 is 10.9. The average Bonchev–Trinajstić information content (AvgIpc) is 3.09. The molecule has 0 saturated heterocycles. The number of anilines is 1. The lowest BCUT2D eigenvalue weighted by molar-refractivity contribution is -0.117. The number of nitriles is 3. The predicted octanol–water partition coefficient (Wildman–Crippen LogP) is 6.69. The quantitative estimate of drug-likeness (QED) is 0.0425. The minimum atomic E-state index is -0.756. The molecule has 3 aromatic carbocycles. The van der Waals surface area contributed by atoms with Crippen LogP contribution in [0.3, 0.4) is 0 Å². The standard InChI is InChI=1S/C35H30N8O4/c1-3-46-31-14-10-28(11-15-31)40-41-29-9-8-26-21-32(35(45)47-33(26)22-29)24(2)39-42-34(44)27(23-38)20-25-6-12-30(13-7-25)43(18-4-16-36)19-5-17-37/h6-15,20-22H,3-5,18-19H2,1-2H3,(H,42,44)/b27-20+,39-24+,41-40?. The second-order valence-electron chi connectivity index (χ2n) is 10.00. The number of rotatable bonds is 13. The van der Waals surface area contributed by atoms with Crippen LogP contribution in [0.5, 0.6) is 5.75 Å². The predicted molar refractivity (Wildman–Crippen MR) is 177 cm³/mol. The number of hydrogen-bond donors (Lipinski definition) is 1. The van der Waals surface area contributed by atoms with Gasteiger partial charge in [0.1, 0.15) is 23.0 Å². The first-order valence-corrected chi connectivity index (χ1v) is 14.6. The van der Waals surface area contributed by atoms with E-state index < -0.39 is 11.5 Å². The molecule has 0 atom stereocenters. The summed E-state index contributed by atoms with van der Waals surface area (Å²) in [5, 5.41) is 40.5. The van der Waals surface area contributed by atoms with E-state index in [1.807, 2.05) is 17.9 Å². The summed E-state index contributed by atoms with van der Waals surface area (Å²) in [7, 11) is 0. The molecule has 1 amide bonds. The van der Waals surface area contributed by atoms with E-state index in [4.69, 9.17) is 19.7 Å². The van der Waals surface area contributed by atoms with E-state index in [2.05, 4.69) is 32.9 Å². The number of carbonyl (C=O) groups is 1. The third kappa shape index (κ3) is 9.21. The number of nitrogens with one attached hydrogen (secondary N) is 1. The lowest BCUT2D eigenvalue weighted by Gasteiger charge is -2.22. The minimum absolute atomic E-state index is 0.136. The molecule has 1 heterocycles. The van der Waals surface area contributed by atoms with Crippen molar-refractivity contribution in [1.29, 1.82) is 15.8 Å². The molecule has 0 spiro atoms. The third-order valence-corrected chi connectivity index (χ3v) is 6.78. The Hall–Kier alpha value is -6.58. The number of hydrogen-bond acceptors (Lipinski definition) is 11. The molecule has 0 radical (unpaired) electrons. The van der Waals surface area contributed by atoms with E-state index in [0.717, 1.165) is 11.4 Å². The molecule has 0 unspecified atom stereocenters. The van der Waals surface area contributed by atoms with Gasteiger partial charge in [-0.2, -0.15) is 31.1 Å². The summed E-state index contributed by atoms with van der Waals surface area (Å²) in [6, 6.07) is 26.9. The van der Waals surface area contributed by atoms with Gasteiger partial charge in [0.2, 0.25) is 0 Å². The van der Waals surface area contributed by atoms with Crippen molar-refractivity contribution in [2.75, 3.05) is 24.6 Å². The smallest absolute Gasteiger partial charge is 0.345 e. The molecule has 0 bridgehead atoms. The Kier molecular flexibility index (Phi) is 11.7. The number of hydrazone groups is 1. The fraction of sp³-hybridized carbons (Fsp3) is 0.200. The normalized spacial score (nSPS) is 11.5. The first-order valence-electron chi connectivity index (χ1n) is 14.6. The Morgan fingerprint density at radius 2 is 1.60 bits per heavy atom. The number of nitrogens with zero attached hydrogens (tertiary/aromatic N) is 7. The summed E-state index contributed by atoms with van der Waals surface area (Å²) in [4.78, 5) is 27.5. The maximum Gasteiger partial charge on any atom is 0.345 e. The highest BCUT2D eigenvalue weighted by atomic mass is 16.5. The Balaban J connectivity index is 1.45. The lowest BCUT2D eigenvalue weighted by atomic mass is 10.1. The van der Waals surface area contributed by atoms with E-state index >= 15 is 0 Å². The summed E-state index contributed by atoms with van der Waals surface area (Å²) in [5.74, 6) is -0.0173. The highest BCUT2D eigenvalue weighted by Crippen LogP contribution is 2.25. The molecular formula is C35H30N8O4. The second kappa shape index (κ2) is 16.5. The van der Waals surface area contributed by atoms with Gasteiger partial charge in [-0.05, 0) is 80.1 Å².